The third kappa shape index (κ3) is 5.41. The Balaban J connectivity index is 1.52. The lowest BCUT2D eigenvalue weighted by Gasteiger charge is -2.22. The molecule has 0 N–H and O–H groups in total. The van der Waals surface area contributed by atoms with Crippen LogP contribution in [0.5, 0.6) is 5.88 Å². The number of ether oxygens (including phenoxy) is 1. The van der Waals surface area contributed by atoms with Gasteiger partial charge in [0.25, 0.3) is 0 Å². The predicted octanol–water partition coefficient (Wildman–Crippen LogP) is 5.50. The first kappa shape index (κ1) is 21.7. The van der Waals surface area contributed by atoms with Crippen LogP contribution < -0.4 is 4.74 Å². The molecule has 0 bridgehead atoms. The molecule has 4 rings (SSSR count). The van der Waals surface area contributed by atoms with E-state index in [9.17, 15) is 4.79 Å². The zero-order chi connectivity index (χ0) is 22.7. The van der Waals surface area contributed by atoms with Crippen LogP contribution in [0.4, 0.5) is 0 Å². The van der Waals surface area contributed by atoms with Gasteiger partial charge in [-0.15, -0.1) is 0 Å². The molecule has 0 unspecified atom stereocenters. The summed E-state index contributed by atoms with van der Waals surface area (Å²) in [6, 6.07) is 11.7. The van der Waals surface area contributed by atoms with Gasteiger partial charge in [-0.25, -0.2) is 4.98 Å². The number of fused-ring (bicyclic) bond motifs is 1. The van der Waals surface area contributed by atoms with Gasteiger partial charge in [0.1, 0.15) is 17.1 Å². The van der Waals surface area contributed by atoms with Gasteiger partial charge < -0.3 is 13.7 Å². The Bertz CT molecular complexity index is 1220. The molecule has 0 saturated carbocycles. The average Bonchev–Trinajstić information content (AvgIpc) is 3.41. The van der Waals surface area contributed by atoms with Crippen LogP contribution in [0.3, 0.4) is 0 Å². The number of aromatic nitrogens is 3. The SMILES string of the molecule is Cc1ccc2nc(OC(C)(C)C)c(-c3noc(CCC(=O)CCc4ccco4)n3)cc2c1. The number of ketones is 1. The fraction of sp³-hybridized carbons (Fsp3) is 0.360. The van der Waals surface area contributed by atoms with E-state index in [-0.39, 0.29) is 5.78 Å². The number of aryl methyl sites for hydroxylation is 3. The largest absolute Gasteiger partial charge is 0.471 e. The number of hydrogen-bond donors (Lipinski definition) is 0. The summed E-state index contributed by atoms with van der Waals surface area (Å²) in [5.41, 5.74) is 2.20. The lowest BCUT2D eigenvalue weighted by atomic mass is 10.1. The zero-order valence-electron chi connectivity index (χ0n) is 18.8. The van der Waals surface area contributed by atoms with Crippen LogP contribution in [0.15, 0.2) is 51.6 Å². The van der Waals surface area contributed by atoms with E-state index >= 15 is 0 Å². The van der Waals surface area contributed by atoms with Gasteiger partial charge in [0.2, 0.25) is 17.6 Å². The second-order valence-corrected chi connectivity index (χ2v) is 8.88. The van der Waals surface area contributed by atoms with E-state index in [4.69, 9.17) is 18.7 Å². The fourth-order valence-corrected chi connectivity index (χ4v) is 3.36. The van der Waals surface area contributed by atoms with Crippen LogP contribution in [0, 0.1) is 6.92 Å². The molecule has 0 fully saturated rings. The fourth-order valence-electron chi connectivity index (χ4n) is 3.36. The summed E-state index contributed by atoms with van der Waals surface area (Å²) < 4.78 is 16.8. The van der Waals surface area contributed by atoms with Gasteiger partial charge in [0, 0.05) is 31.1 Å². The third-order valence-electron chi connectivity index (χ3n) is 4.90. The number of benzene rings is 1. The van der Waals surface area contributed by atoms with Crippen LogP contribution >= 0.6 is 0 Å². The molecule has 0 atom stereocenters. The molecule has 32 heavy (non-hydrogen) atoms. The lowest BCUT2D eigenvalue weighted by Crippen LogP contribution is -2.24. The van der Waals surface area contributed by atoms with Crippen LogP contribution in [0.25, 0.3) is 22.3 Å². The van der Waals surface area contributed by atoms with E-state index < -0.39 is 5.60 Å². The van der Waals surface area contributed by atoms with Crippen LogP contribution in [-0.2, 0) is 17.6 Å². The minimum atomic E-state index is -0.437. The maximum absolute atomic E-state index is 12.2. The molecule has 166 valence electrons. The molecule has 7 nitrogen and oxygen atoms in total. The molecule has 0 amide bonds. The highest BCUT2D eigenvalue weighted by Crippen LogP contribution is 2.32. The Labute approximate surface area is 186 Å². The van der Waals surface area contributed by atoms with Crippen molar-refractivity contribution < 1.29 is 18.5 Å². The summed E-state index contributed by atoms with van der Waals surface area (Å²) in [7, 11) is 0. The highest BCUT2D eigenvalue weighted by molar-refractivity contribution is 5.85. The number of carbonyl (C=O) groups is 1. The predicted molar refractivity (Wildman–Crippen MR) is 121 cm³/mol. The molecule has 1 aromatic carbocycles. The molecular formula is C25H27N3O4. The molecule has 0 aliphatic heterocycles. The molecular weight excluding hydrogens is 406 g/mol. The van der Waals surface area contributed by atoms with E-state index in [0.717, 1.165) is 22.2 Å². The Morgan fingerprint density at radius 2 is 1.88 bits per heavy atom. The Kier molecular flexibility index (Phi) is 6.08. The van der Waals surface area contributed by atoms with Crippen LogP contribution in [0.2, 0.25) is 0 Å². The normalized spacial score (nSPS) is 11.8. The lowest BCUT2D eigenvalue weighted by molar-refractivity contribution is -0.119. The number of carbonyl (C=O) groups excluding carboxylic acids is 1. The van der Waals surface area contributed by atoms with Crippen molar-refractivity contribution in [2.45, 2.75) is 59.0 Å². The summed E-state index contributed by atoms with van der Waals surface area (Å²) in [5, 5.41) is 5.11. The van der Waals surface area contributed by atoms with Crippen molar-refractivity contribution in [2.75, 3.05) is 0 Å². The van der Waals surface area contributed by atoms with Gasteiger partial charge >= 0.3 is 0 Å². The molecule has 4 aromatic rings. The van der Waals surface area contributed by atoms with Crippen molar-refractivity contribution in [3.05, 3.63) is 59.9 Å². The monoisotopic (exact) mass is 433 g/mol. The van der Waals surface area contributed by atoms with Gasteiger partial charge in [-0.3, -0.25) is 4.79 Å². The van der Waals surface area contributed by atoms with E-state index in [1.807, 2.05) is 58.0 Å². The second-order valence-electron chi connectivity index (χ2n) is 8.88. The zero-order valence-corrected chi connectivity index (χ0v) is 18.8. The molecule has 3 heterocycles. The third-order valence-corrected chi connectivity index (χ3v) is 4.90. The smallest absolute Gasteiger partial charge is 0.227 e. The number of Topliss-reactive ketones (excluding diaryl/α,β-unsaturated/α-hetero) is 1. The quantitative estimate of drug-likeness (QED) is 0.362. The number of rotatable bonds is 8. The Morgan fingerprint density at radius 3 is 2.62 bits per heavy atom. The summed E-state index contributed by atoms with van der Waals surface area (Å²) in [4.78, 5) is 21.4. The van der Waals surface area contributed by atoms with Gasteiger partial charge in [-0.05, 0) is 58.0 Å². The van der Waals surface area contributed by atoms with E-state index in [1.54, 1.807) is 6.26 Å². The maximum atomic E-state index is 12.2. The molecule has 0 aliphatic rings. The maximum Gasteiger partial charge on any atom is 0.227 e. The first-order chi connectivity index (χ1) is 15.3. The molecule has 3 aromatic heterocycles. The van der Waals surface area contributed by atoms with Gasteiger partial charge in [-0.2, -0.15) is 4.98 Å². The van der Waals surface area contributed by atoms with Gasteiger partial charge in [-0.1, -0.05) is 16.8 Å². The number of furan rings is 1. The van der Waals surface area contributed by atoms with Crippen molar-refractivity contribution in [1.29, 1.82) is 0 Å². The number of hydrogen-bond acceptors (Lipinski definition) is 7. The highest BCUT2D eigenvalue weighted by atomic mass is 16.5. The van der Waals surface area contributed by atoms with Crippen LogP contribution in [-0.4, -0.2) is 26.5 Å². The highest BCUT2D eigenvalue weighted by Gasteiger charge is 2.21. The summed E-state index contributed by atoms with van der Waals surface area (Å²) in [5.74, 6) is 2.20. The van der Waals surface area contributed by atoms with Gasteiger partial charge in [0.05, 0.1) is 17.3 Å². The van der Waals surface area contributed by atoms with Crippen molar-refractivity contribution in [2.24, 2.45) is 0 Å². The summed E-state index contributed by atoms with van der Waals surface area (Å²) >= 11 is 0. The van der Waals surface area contributed by atoms with E-state index in [2.05, 4.69) is 16.2 Å². The van der Waals surface area contributed by atoms with Crippen molar-refractivity contribution in [1.82, 2.24) is 15.1 Å². The second kappa shape index (κ2) is 8.94. The Morgan fingerprint density at radius 1 is 1.06 bits per heavy atom. The number of pyridine rings is 1. The Hall–Kier alpha value is -3.48. The minimum Gasteiger partial charge on any atom is -0.471 e. The van der Waals surface area contributed by atoms with Gasteiger partial charge in [0.15, 0.2) is 0 Å². The molecule has 0 spiro atoms. The molecule has 0 radical (unpaired) electrons. The first-order valence-corrected chi connectivity index (χ1v) is 10.7. The topological polar surface area (TPSA) is 91.2 Å². The molecule has 0 saturated heterocycles. The molecule has 7 heteroatoms. The summed E-state index contributed by atoms with van der Waals surface area (Å²) in [6.07, 6.45) is 3.35. The number of nitrogens with zero attached hydrogens (tertiary/aromatic N) is 3. The van der Waals surface area contributed by atoms with Crippen LogP contribution in [0.1, 0.15) is 50.8 Å². The van der Waals surface area contributed by atoms with E-state index in [1.165, 1.54) is 0 Å². The van der Waals surface area contributed by atoms with E-state index in [0.29, 0.717) is 48.8 Å². The van der Waals surface area contributed by atoms with Crippen molar-refractivity contribution in [3.63, 3.8) is 0 Å². The van der Waals surface area contributed by atoms with Crippen molar-refractivity contribution >= 4 is 16.7 Å². The summed E-state index contributed by atoms with van der Waals surface area (Å²) in [6.45, 7) is 7.93. The minimum absolute atomic E-state index is 0.126. The average molecular weight is 434 g/mol. The first-order valence-electron chi connectivity index (χ1n) is 10.7. The van der Waals surface area contributed by atoms with Crippen molar-refractivity contribution in [3.8, 4) is 17.3 Å². The molecule has 0 aliphatic carbocycles. The standard InChI is InChI=1S/C25H27N3O4/c1-16-7-11-21-17(14-16)15-20(24(26-21)31-25(2,3)4)23-27-22(32-28-23)12-9-18(29)8-10-19-6-5-13-30-19/h5-7,11,13-15H,8-10,12H2,1-4H3.